The molecule has 128 valence electrons. The summed E-state index contributed by atoms with van der Waals surface area (Å²) >= 11 is 0. The van der Waals surface area contributed by atoms with Crippen LogP contribution in [0.5, 0.6) is 0 Å². The Hall–Kier alpha value is -2.05. The second-order valence-corrected chi connectivity index (χ2v) is 5.26. The number of carboxylic acids is 1. The average molecular weight is 331 g/mol. The quantitative estimate of drug-likeness (QED) is 0.297. The molecule has 0 amide bonds. The molecule has 4 atom stereocenters. The van der Waals surface area contributed by atoms with Crippen LogP contribution in [0.2, 0.25) is 0 Å². The molecule has 0 radical (unpaired) electrons. The van der Waals surface area contributed by atoms with E-state index >= 15 is 0 Å². The van der Waals surface area contributed by atoms with E-state index in [9.17, 15) is 29.7 Å². The molecule has 2 rings (SSSR count). The Morgan fingerprint density at radius 2 is 2.17 bits per heavy atom. The minimum atomic E-state index is -2.42. The minimum absolute atomic E-state index is 0.686. The normalized spacial score (nSPS) is 33.7. The van der Waals surface area contributed by atoms with Crippen molar-refractivity contribution in [2.75, 3.05) is 13.2 Å². The van der Waals surface area contributed by atoms with Gasteiger partial charge in [0.05, 0.1) is 13.2 Å². The molecule has 0 unspecified atom stereocenters. The highest BCUT2D eigenvalue weighted by atomic mass is 16.6. The maximum Gasteiger partial charge on any atom is 0.330 e. The van der Waals surface area contributed by atoms with Gasteiger partial charge in [0.1, 0.15) is 12.2 Å². The van der Waals surface area contributed by atoms with Crippen LogP contribution in [0.15, 0.2) is 21.9 Å². The number of ether oxygens (including phenoxy) is 1. The van der Waals surface area contributed by atoms with E-state index in [-0.39, 0.29) is 0 Å². The van der Waals surface area contributed by atoms with Crippen LogP contribution in [0.1, 0.15) is 6.92 Å². The van der Waals surface area contributed by atoms with E-state index in [2.05, 4.69) is 5.32 Å². The third-order valence-corrected chi connectivity index (χ3v) is 3.84. The number of rotatable bonds is 5. The molecule has 0 saturated carbocycles. The van der Waals surface area contributed by atoms with Crippen LogP contribution in [0.4, 0.5) is 0 Å². The monoisotopic (exact) mass is 331 g/mol. The Morgan fingerprint density at radius 3 is 2.70 bits per heavy atom. The summed E-state index contributed by atoms with van der Waals surface area (Å²) in [6.07, 6.45) is -2.00. The SMILES string of the molecule is C[C@@]1(n2ccc(=O)[nH]c2=O)O[C@H](CO)[C@@H](O)[C@]1(O)NCC(=O)O. The summed E-state index contributed by atoms with van der Waals surface area (Å²) in [5.74, 6) is -1.32. The highest BCUT2D eigenvalue weighted by molar-refractivity contribution is 5.69. The molecule has 1 aliphatic heterocycles. The van der Waals surface area contributed by atoms with Crippen molar-refractivity contribution in [3.63, 3.8) is 0 Å². The molecular weight excluding hydrogens is 314 g/mol. The van der Waals surface area contributed by atoms with Crippen molar-refractivity contribution in [2.24, 2.45) is 0 Å². The Kier molecular flexibility index (Phi) is 4.41. The van der Waals surface area contributed by atoms with Gasteiger partial charge in [-0.25, -0.2) is 4.79 Å². The number of aliphatic carboxylic acids is 1. The molecule has 23 heavy (non-hydrogen) atoms. The Morgan fingerprint density at radius 1 is 1.52 bits per heavy atom. The third-order valence-electron chi connectivity index (χ3n) is 3.84. The molecule has 0 aromatic carbocycles. The summed E-state index contributed by atoms with van der Waals surface area (Å²) < 4.78 is 6.19. The first kappa shape index (κ1) is 17.3. The predicted molar refractivity (Wildman–Crippen MR) is 73.5 cm³/mol. The van der Waals surface area contributed by atoms with Crippen molar-refractivity contribution in [3.8, 4) is 0 Å². The predicted octanol–water partition coefficient (Wildman–Crippen LogP) is -3.68. The second kappa shape index (κ2) is 5.86. The fourth-order valence-corrected chi connectivity index (χ4v) is 2.60. The van der Waals surface area contributed by atoms with Gasteiger partial charge >= 0.3 is 11.7 Å². The smallest absolute Gasteiger partial charge is 0.330 e. The summed E-state index contributed by atoms with van der Waals surface area (Å²) in [5.41, 5.74) is -6.03. The molecule has 1 saturated heterocycles. The van der Waals surface area contributed by atoms with Crippen molar-refractivity contribution < 1.29 is 30.0 Å². The van der Waals surface area contributed by atoms with Gasteiger partial charge in [0, 0.05) is 12.3 Å². The molecule has 11 nitrogen and oxygen atoms in total. The van der Waals surface area contributed by atoms with Crippen molar-refractivity contribution in [1.82, 2.24) is 14.9 Å². The van der Waals surface area contributed by atoms with Crippen LogP contribution >= 0.6 is 0 Å². The van der Waals surface area contributed by atoms with E-state index < -0.39 is 54.0 Å². The fourth-order valence-electron chi connectivity index (χ4n) is 2.60. The topological polar surface area (TPSA) is 174 Å². The fraction of sp³-hybridized carbons (Fsp3) is 0.583. The van der Waals surface area contributed by atoms with Gasteiger partial charge in [0.25, 0.3) is 5.56 Å². The summed E-state index contributed by atoms with van der Waals surface area (Å²) in [6.45, 7) is -0.227. The van der Waals surface area contributed by atoms with E-state index in [1.165, 1.54) is 6.92 Å². The van der Waals surface area contributed by atoms with E-state index in [0.717, 1.165) is 16.8 Å². The van der Waals surface area contributed by atoms with Gasteiger partial charge in [-0.15, -0.1) is 0 Å². The number of carboxylic acid groups (broad SMARTS) is 1. The van der Waals surface area contributed by atoms with E-state index in [1.54, 1.807) is 0 Å². The van der Waals surface area contributed by atoms with E-state index in [0.29, 0.717) is 0 Å². The number of H-pyrrole nitrogens is 1. The van der Waals surface area contributed by atoms with Crippen LogP contribution in [-0.2, 0) is 15.3 Å². The molecule has 6 N–H and O–H groups in total. The lowest BCUT2D eigenvalue weighted by Gasteiger charge is -2.40. The van der Waals surface area contributed by atoms with E-state index in [4.69, 9.17) is 9.84 Å². The zero-order chi connectivity index (χ0) is 17.4. The van der Waals surface area contributed by atoms with Crippen LogP contribution in [-0.4, -0.2) is 67.0 Å². The maximum absolute atomic E-state index is 12.0. The van der Waals surface area contributed by atoms with Crippen molar-refractivity contribution in [1.29, 1.82) is 0 Å². The Balaban J connectivity index is 2.56. The first-order chi connectivity index (χ1) is 10.7. The standard InChI is InChI=1S/C12H17N3O8/c1-11(15-3-2-7(17)14-10(15)21)12(22,13-4-8(18)19)9(20)6(5-16)23-11/h2-3,6,9,13,16,20,22H,4-5H2,1H3,(H,18,19)(H,14,17,21)/t6-,9-,11-,12-/m1/s1. The number of aliphatic hydroxyl groups is 3. The number of aromatic nitrogens is 2. The van der Waals surface area contributed by atoms with Crippen molar-refractivity contribution in [3.05, 3.63) is 33.1 Å². The third kappa shape index (κ3) is 2.68. The van der Waals surface area contributed by atoms with Crippen LogP contribution in [0.3, 0.4) is 0 Å². The molecule has 0 spiro atoms. The Labute approximate surface area is 128 Å². The number of nitrogens with one attached hydrogen (secondary N) is 2. The second-order valence-electron chi connectivity index (χ2n) is 5.26. The molecule has 0 aliphatic carbocycles. The van der Waals surface area contributed by atoms with Crippen LogP contribution in [0.25, 0.3) is 0 Å². The molecule has 1 fully saturated rings. The largest absolute Gasteiger partial charge is 0.480 e. The molecule has 1 aromatic rings. The van der Waals surface area contributed by atoms with E-state index in [1.807, 2.05) is 4.98 Å². The van der Waals surface area contributed by atoms with Crippen LogP contribution < -0.4 is 16.6 Å². The number of nitrogens with zero attached hydrogens (tertiary/aromatic N) is 1. The van der Waals surface area contributed by atoms with Gasteiger partial charge in [0.15, 0.2) is 11.4 Å². The maximum atomic E-state index is 12.0. The molecule has 11 heteroatoms. The minimum Gasteiger partial charge on any atom is -0.480 e. The van der Waals surface area contributed by atoms with Gasteiger partial charge in [-0.3, -0.25) is 24.5 Å². The lowest BCUT2D eigenvalue weighted by atomic mass is 9.95. The van der Waals surface area contributed by atoms with Gasteiger partial charge in [-0.05, 0) is 6.92 Å². The number of hydrogen-bond donors (Lipinski definition) is 6. The zero-order valence-electron chi connectivity index (χ0n) is 12.1. The number of hydrogen-bond acceptors (Lipinski definition) is 8. The molecular formula is C12H17N3O8. The van der Waals surface area contributed by atoms with Gasteiger partial charge in [-0.1, -0.05) is 0 Å². The molecule has 0 bridgehead atoms. The summed E-state index contributed by atoms with van der Waals surface area (Å²) in [7, 11) is 0. The highest BCUT2D eigenvalue weighted by Crippen LogP contribution is 2.40. The zero-order valence-corrected chi connectivity index (χ0v) is 12.1. The van der Waals surface area contributed by atoms with Crippen molar-refractivity contribution >= 4 is 5.97 Å². The number of aliphatic hydroxyl groups excluding tert-OH is 2. The molecule has 2 heterocycles. The number of aromatic amines is 1. The first-order valence-corrected chi connectivity index (χ1v) is 6.64. The van der Waals surface area contributed by atoms with Gasteiger partial charge in [-0.2, -0.15) is 0 Å². The molecule has 1 aromatic heterocycles. The first-order valence-electron chi connectivity index (χ1n) is 6.64. The van der Waals surface area contributed by atoms with Gasteiger partial charge in [0.2, 0.25) is 0 Å². The van der Waals surface area contributed by atoms with Gasteiger partial charge < -0.3 is 25.2 Å². The summed E-state index contributed by atoms with van der Waals surface area (Å²) in [4.78, 5) is 35.9. The van der Waals surface area contributed by atoms with Crippen molar-refractivity contribution in [2.45, 2.75) is 30.6 Å². The number of carbonyl (C=O) groups is 1. The summed E-state index contributed by atoms with van der Waals surface area (Å²) in [6, 6.07) is 0.992. The summed E-state index contributed by atoms with van der Waals surface area (Å²) in [5, 5.41) is 41.2. The lowest BCUT2D eigenvalue weighted by Crippen LogP contribution is -2.67. The molecule has 1 aliphatic rings. The highest BCUT2D eigenvalue weighted by Gasteiger charge is 2.64. The van der Waals surface area contributed by atoms with Crippen LogP contribution in [0, 0.1) is 0 Å². The Bertz CT molecular complexity index is 715. The average Bonchev–Trinajstić information content (AvgIpc) is 2.67. The lowest BCUT2D eigenvalue weighted by molar-refractivity contribution is -0.202.